The Bertz CT molecular complexity index is 1260. The molecule has 2 heterocycles. The van der Waals surface area contributed by atoms with Crippen LogP contribution in [0.2, 0.25) is 0 Å². The minimum atomic E-state index is -0.659. The van der Waals surface area contributed by atoms with Gasteiger partial charge >= 0.3 is 0 Å². The lowest BCUT2D eigenvalue weighted by atomic mass is 10.1. The van der Waals surface area contributed by atoms with Gasteiger partial charge in [-0.15, -0.1) is 0 Å². The Morgan fingerprint density at radius 2 is 1.61 bits per heavy atom. The van der Waals surface area contributed by atoms with Crippen molar-refractivity contribution in [2.75, 3.05) is 19.5 Å². The zero-order valence-electron chi connectivity index (χ0n) is 17.3. The van der Waals surface area contributed by atoms with E-state index in [-0.39, 0.29) is 0 Å². The van der Waals surface area contributed by atoms with Crippen molar-refractivity contribution >= 4 is 27.6 Å². The van der Waals surface area contributed by atoms with Crippen LogP contribution in [-0.2, 0) is 0 Å². The maximum atomic E-state index is 13.8. The maximum absolute atomic E-state index is 13.8. The first kappa shape index (κ1) is 19.5. The molecule has 2 aromatic carbocycles. The zero-order valence-corrected chi connectivity index (χ0v) is 17.3. The topological polar surface area (TPSA) is 61.2 Å². The van der Waals surface area contributed by atoms with Crippen LogP contribution < -0.4 is 14.8 Å². The lowest BCUT2D eigenvalue weighted by molar-refractivity contribution is 0.356. The molecule has 0 atom stereocenters. The van der Waals surface area contributed by atoms with Gasteiger partial charge in [-0.05, 0) is 31.0 Å². The number of ether oxygens (including phenoxy) is 2. The molecular formula is C23H22F2N4O2. The average Bonchev–Trinajstić information content (AvgIpc) is 3.42. The van der Waals surface area contributed by atoms with E-state index in [9.17, 15) is 8.78 Å². The minimum Gasteiger partial charge on any atom is -0.493 e. The van der Waals surface area contributed by atoms with Crippen LogP contribution in [0.25, 0.3) is 27.5 Å². The van der Waals surface area contributed by atoms with E-state index >= 15 is 0 Å². The van der Waals surface area contributed by atoms with E-state index in [4.69, 9.17) is 14.5 Å². The Hall–Kier alpha value is -3.42. The first-order valence-electron chi connectivity index (χ1n) is 10.2. The van der Waals surface area contributed by atoms with Crippen molar-refractivity contribution in [3.05, 3.63) is 48.2 Å². The molecule has 0 saturated heterocycles. The second kappa shape index (κ2) is 7.68. The molecule has 8 heteroatoms. The molecule has 0 radical (unpaired) electrons. The zero-order chi connectivity index (χ0) is 21.5. The molecule has 31 heavy (non-hydrogen) atoms. The molecule has 0 spiro atoms. The Kier molecular flexibility index (Phi) is 4.84. The minimum absolute atomic E-state index is 0.300. The van der Waals surface area contributed by atoms with Crippen LogP contribution in [-0.4, -0.2) is 35.0 Å². The van der Waals surface area contributed by atoms with Gasteiger partial charge in [0.15, 0.2) is 11.5 Å². The van der Waals surface area contributed by atoms with E-state index in [1.165, 1.54) is 29.7 Å². The third-order valence-electron chi connectivity index (χ3n) is 5.77. The maximum Gasteiger partial charge on any atom is 0.162 e. The van der Waals surface area contributed by atoms with E-state index in [1.54, 1.807) is 20.4 Å². The first-order valence-corrected chi connectivity index (χ1v) is 10.2. The second-order valence-corrected chi connectivity index (χ2v) is 7.77. The molecule has 0 bridgehead atoms. The number of methoxy groups -OCH3 is 2. The van der Waals surface area contributed by atoms with Gasteiger partial charge < -0.3 is 14.8 Å². The van der Waals surface area contributed by atoms with Gasteiger partial charge in [-0.2, -0.15) is 5.10 Å². The van der Waals surface area contributed by atoms with E-state index in [1.807, 2.05) is 12.1 Å². The van der Waals surface area contributed by atoms with E-state index in [0.717, 1.165) is 29.7 Å². The van der Waals surface area contributed by atoms with Crippen LogP contribution in [0.4, 0.5) is 14.6 Å². The normalized spacial score (nSPS) is 14.5. The van der Waals surface area contributed by atoms with Gasteiger partial charge in [0.2, 0.25) is 0 Å². The fraction of sp³-hybridized carbons (Fsp3) is 0.304. The highest BCUT2D eigenvalue weighted by Crippen LogP contribution is 2.37. The Morgan fingerprint density at radius 3 is 2.29 bits per heavy atom. The third-order valence-corrected chi connectivity index (χ3v) is 5.77. The molecule has 1 fully saturated rings. The predicted octanol–water partition coefficient (Wildman–Crippen LogP) is 5.22. The number of halogens is 2. The molecule has 1 N–H and O–H groups in total. The number of nitrogens with one attached hydrogen (secondary N) is 1. The Balaban J connectivity index is 1.75. The summed E-state index contributed by atoms with van der Waals surface area (Å²) in [5.74, 6) is 0.507. The molecule has 1 aliphatic carbocycles. The smallest absolute Gasteiger partial charge is 0.162 e. The lowest BCUT2D eigenvalue weighted by Crippen LogP contribution is -2.15. The number of rotatable bonds is 5. The molecule has 160 valence electrons. The van der Waals surface area contributed by atoms with Crippen molar-refractivity contribution in [3.8, 4) is 17.2 Å². The van der Waals surface area contributed by atoms with Crippen molar-refractivity contribution in [3.63, 3.8) is 0 Å². The van der Waals surface area contributed by atoms with E-state index < -0.39 is 11.6 Å². The Morgan fingerprint density at radius 1 is 0.935 bits per heavy atom. The van der Waals surface area contributed by atoms with Crippen molar-refractivity contribution < 1.29 is 18.3 Å². The highest BCUT2D eigenvalue weighted by molar-refractivity contribution is 6.08. The second-order valence-electron chi connectivity index (χ2n) is 7.77. The molecule has 1 saturated carbocycles. The van der Waals surface area contributed by atoms with Gasteiger partial charge in [0.25, 0.3) is 0 Å². The van der Waals surface area contributed by atoms with Gasteiger partial charge in [0, 0.05) is 29.8 Å². The summed E-state index contributed by atoms with van der Waals surface area (Å²) in [4.78, 5) is 4.84. The lowest BCUT2D eigenvalue weighted by Gasteiger charge is -2.15. The quantitative estimate of drug-likeness (QED) is 0.476. The average molecular weight is 424 g/mol. The number of hydrogen-bond donors (Lipinski definition) is 1. The predicted molar refractivity (Wildman–Crippen MR) is 115 cm³/mol. The Labute approximate surface area is 177 Å². The van der Waals surface area contributed by atoms with Crippen LogP contribution in [0.5, 0.6) is 11.5 Å². The van der Waals surface area contributed by atoms with Crippen molar-refractivity contribution in [1.29, 1.82) is 0 Å². The van der Waals surface area contributed by atoms with Crippen LogP contribution >= 0.6 is 0 Å². The number of benzene rings is 2. The molecule has 6 nitrogen and oxygen atoms in total. The molecule has 4 aromatic rings. The molecule has 2 aromatic heterocycles. The first-order chi connectivity index (χ1) is 15.1. The standard InChI is InChI=1S/C23H22F2N4O2/c1-30-20-10-17-19(11-21(20)31-2)27-23(26-15-5-3-4-6-15)18-12-29(28-22(17)18)16-8-13(24)7-14(25)9-16/h7-12,15H,3-6H2,1-2H3,(H,26,27). The van der Waals surface area contributed by atoms with Crippen molar-refractivity contribution in [2.24, 2.45) is 0 Å². The third kappa shape index (κ3) is 3.52. The van der Waals surface area contributed by atoms with Gasteiger partial charge in [-0.25, -0.2) is 18.4 Å². The van der Waals surface area contributed by atoms with Crippen LogP contribution in [0, 0.1) is 11.6 Å². The summed E-state index contributed by atoms with van der Waals surface area (Å²) in [6.45, 7) is 0. The van der Waals surface area contributed by atoms with Crippen LogP contribution in [0.15, 0.2) is 36.5 Å². The van der Waals surface area contributed by atoms with Gasteiger partial charge in [-0.3, -0.25) is 0 Å². The number of aromatic nitrogens is 3. The number of anilines is 1. The van der Waals surface area contributed by atoms with E-state index in [2.05, 4.69) is 10.4 Å². The summed E-state index contributed by atoms with van der Waals surface area (Å²) in [6, 6.07) is 7.31. The molecule has 1 aliphatic rings. The molecule has 0 unspecified atom stereocenters. The SMILES string of the molecule is COc1cc2nc(NC3CCCC3)c3cn(-c4cc(F)cc(F)c4)nc3c2cc1OC. The fourth-order valence-electron chi connectivity index (χ4n) is 4.25. The summed E-state index contributed by atoms with van der Waals surface area (Å²) in [6.07, 6.45) is 6.28. The number of pyridine rings is 1. The summed E-state index contributed by atoms with van der Waals surface area (Å²) >= 11 is 0. The summed E-state index contributed by atoms with van der Waals surface area (Å²) in [5, 5.41) is 9.75. The van der Waals surface area contributed by atoms with Crippen molar-refractivity contribution in [2.45, 2.75) is 31.7 Å². The van der Waals surface area contributed by atoms with Gasteiger partial charge in [0.1, 0.15) is 23.0 Å². The summed E-state index contributed by atoms with van der Waals surface area (Å²) in [7, 11) is 3.14. The summed E-state index contributed by atoms with van der Waals surface area (Å²) < 4.78 is 40.0. The molecule has 0 amide bonds. The molecular weight excluding hydrogens is 402 g/mol. The fourth-order valence-corrected chi connectivity index (χ4v) is 4.25. The monoisotopic (exact) mass is 424 g/mol. The highest BCUT2D eigenvalue weighted by Gasteiger charge is 2.21. The number of fused-ring (bicyclic) bond motifs is 3. The van der Waals surface area contributed by atoms with Gasteiger partial charge in [0.05, 0.1) is 30.8 Å². The van der Waals surface area contributed by atoms with E-state index in [0.29, 0.717) is 40.1 Å². The largest absolute Gasteiger partial charge is 0.493 e. The highest BCUT2D eigenvalue weighted by atomic mass is 19.1. The molecule has 5 rings (SSSR count). The van der Waals surface area contributed by atoms with Crippen LogP contribution in [0.1, 0.15) is 25.7 Å². The van der Waals surface area contributed by atoms with Crippen molar-refractivity contribution in [1.82, 2.24) is 14.8 Å². The number of nitrogens with zero attached hydrogens (tertiary/aromatic N) is 3. The molecule has 0 aliphatic heterocycles. The summed E-state index contributed by atoms with van der Waals surface area (Å²) in [5.41, 5.74) is 1.66. The van der Waals surface area contributed by atoms with Gasteiger partial charge in [-0.1, -0.05) is 12.8 Å². The number of hydrogen-bond acceptors (Lipinski definition) is 5. The van der Waals surface area contributed by atoms with Crippen LogP contribution in [0.3, 0.4) is 0 Å².